The number of hydrogen-bond acceptors (Lipinski definition) is 4. The number of nitrogens with zero attached hydrogens (tertiary/aromatic N) is 1. The molecule has 1 aromatic heterocycles. The van der Waals surface area contributed by atoms with E-state index >= 15 is 0 Å². The quantitative estimate of drug-likeness (QED) is 0.762. The van der Waals surface area contributed by atoms with Crippen LogP contribution in [-0.2, 0) is 4.79 Å². The molecule has 1 heterocycles. The van der Waals surface area contributed by atoms with Crippen molar-refractivity contribution < 1.29 is 4.79 Å². The van der Waals surface area contributed by atoms with Crippen LogP contribution in [0, 0.1) is 0 Å². The third-order valence-corrected chi connectivity index (χ3v) is 2.86. The van der Waals surface area contributed by atoms with Gasteiger partial charge in [-0.2, -0.15) is 0 Å². The molecule has 0 aliphatic carbocycles. The monoisotopic (exact) mass is 244 g/mol. The minimum absolute atomic E-state index is 0.442. The molecule has 0 aliphatic rings. The maximum atomic E-state index is 11.4. The highest BCUT2D eigenvalue weighted by Crippen LogP contribution is 2.29. The summed E-state index contributed by atoms with van der Waals surface area (Å²) in [5.41, 5.74) is 12.4. The minimum atomic E-state index is -0.877. The molecular formula is C13H16N4O. The van der Waals surface area contributed by atoms with Crippen molar-refractivity contribution in [3.05, 3.63) is 30.5 Å². The lowest BCUT2D eigenvalue weighted by molar-refractivity contribution is -0.121. The maximum Gasteiger partial charge on any atom is 0.242 e. The molecule has 0 fully saturated rings. The predicted molar refractivity (Wildman–Crippen MR) is 73.1 cm³/mol. The van der Waals surface area contributed by atoms with Crippen molar-refractivity contribution in [3.8, 4) is 0 Å². The van der Waals surface area contributed by atoms with E-state index in [2.05, 4.69) is 10.3 Å². The number of para-hydroxylation sites is 1. The molecule has 18 heavy (non-hydrogen) atoms. The third-order valence-electron chi connectivity index (χ3n) is 2.86. The Hall–Kier alpha value is -2.30. The number of carbonyl (C=O) groups excluding carboxylic acids is 1. The molecule has 2 aromatic rings. The number of nitrogens with two attached hydrogens (primary N) is 2. The fourth-order valence-electron chi connectivity index (χ4n) is 1.67. The second-order valence-electron chi connectivity index (χ2n) is 4.72. The number of primary amides is 1. The summed E-state index contributed by atoms with van der Waals surface area (Å²) in [6, 6.07) is 7.58. The number of fused-ring (bicyclic) bond motifs is 1. The highest BCUT2D eigenvalue weighted by atomic mass is 16.1. The van der Waals surface area contributed by atoms with E-state index in [1.165, 1.54) is 0 Å². The van der Waals surface area contributed by atoms with Gasteiger partial charge in [0.05, 0.1) is 23.1 Å². The van der Waals surface area contributed by atoms with Crippen molar-refractivity contribution in [1.82, 2.24) is 4.98 Å². The second kappa shape index (κ2) is 4.18. The van der Waals surface area contributed by atoms with E-state index in [0.29, 0.717) is 11.4 Å². The molecule has 2 rings (SSSR count). The third kappa shape index (κ3) is 2.07. The zero-order valence-electron chi connectivity index (χ0n) is 10.4. The van der Waals surface area contributed by atoms with Crippen LogP contribution in [0.15, 0.2) is 30.5 Å². The van der Waals surface area contributed by atoms with Gasteiger partial charge >= 0.3 is 0 Å². The van der Waals surface area contributed by atoms with Crippen LogP contribution in [0.3, 0.4) is 0 Å². The molecule has 5 nitrogen and oxygen atoms in total. The van der Waals surface area contributed by atoms with Crippen LogP contribution in [0.5, 0.6) is 0 Å². The van der Waals surface area contributed by atoms with Gasteiger partial charge in [0.15, 0.2) is 0 Å². The summed E-state index contributed by atoms with van der Waals surface area (Å²) in [6.07, 6.45) is 1.57. The lowest BCUT2D eigenvalue weighted by Gasteiger charge is -2.25. The molecule has 0 saturated heterocycles. The first-order valence-corrected chi connectivity index (χ1v) is 5.63. The first-order valence-electron chi connectivity index (χ1n) is 5.63. The SMILES string of the molecule is CC(C)(Nc1c(N)cnc2ccccc12)C(N)=O. The number of hydrogen-bond donors (Lipinski definition) is 3. The van der Waals surface area contributed by atoms with Crippen molar-refractivity contribution in [3.63, 3.8) is 0 Å². The molecule has 0 bridgehead atoms. The largest absolute Gasteiger partial charge is 0.396 e. The summed E-state index contributed by atoms with van der Waals surface area (Å²) in [7, 11) is 0. The molecular weight excluding hydrogens is 228 g/mol. The average molecular weight is 244 g/mol. The topological polar surface area (TPSA) is 94.0 Å². The Bertz CT molecular complexity index is 607. The normalized spacial score (nSPS) is 11.4. The Morgan fingerprint density at radius 3 is 2.67 bits per heavy atom. The molecule has 0 aliphatic heterocycles. The number of aromatic nitrogens is 1. The van der Waals surface area contributed by atoms with Gasteiger partial charge in [-0.1, -0.05) is 18.2 Å². The number of nitrogens with one attached hydrogen (secondary N) is 1. The molecule has 0 atom stereocenters. The Morgan fingerprint density at radius 2 is 2.00 bits per heavy atom. The summed E-state index contributed by atoms with van der Waals surface area (Å²) in [4.78, 5) is 15.6. The Kier molecular flexibility index (Phi) is 2.82. The number of anilines is 2. The van der Waals surface area contributed by atoms with Gasteiger partial charge < -0.3 is 16.8 Å². The highest BCUT2D eigenvalue weighted by molar-refractivity contribution is 5.99. The van der Waals surface area contributed by atoms with E-state index in [4.69, 9.17) is 11.5 Å². The number of pyridine rings is 1. The highest BCUT2D eigenvalue weighted by Gasteiger charge is 2.26. The van der Waals surface area contributed by atoms with Gasteiger partial charge in [0.2, 0.25) is 5.91 Å². The number of nitrogen functional groups attached to an aromatic ring is 1. The summed E-state index contributed by atoms with van der Waals surface area (Å²) >= 11 is 0. The molecule has 0 radical (unpaired) electrons. The van der Waals surface area contributed by atoms with Crippen molar-refractivity contribution in [1.29, 1.82) is 0 Å². The minimum Gasteiger partial charge on any atom is -0.396 e. The van der Waals surface area contributed by atoms with Gasteiger partial charge in [-0.3, -0.25) is 9.78 Å². The molecule has 0 unspecified atom stereocenters. The van der Waals surface area contributed by atoms with Crippen molar-refractivity contribution >= 4 is 28.2 Å². The van der Waals surface area contributed by atoms with Gasteiger partial charge in [-0.25, -0.2) is 0 Å². The van der Waals surface area contributed by atoms with Gasteiger partial charge in [0.25, 0.3) is 0 Å². The fraction of sp³-hybridized carbons (Fsp3) is 0.231. The van der Waals surface area contributed by atoms with Crippen molar-refractivity contribution in [2.45, 2.75) is 19.4 Å². The summed E-state index contributed by atoms with van der Waals surface area (Å²) in [5.74, 6) is -0.442. The first kappa shape index (κ1) is 12.2. The van der Waals surface area contributed by atoms with E-state index < -0.39 is 11.4 Å². The number of rotatable bonds is 3. The van der Waals surface area contributed by atoms with E-state index in [0.717, 1.165) is 10.9 Å². The van der Waals surface area contributed by atoms with Crippen LogP contribution in [0.1, 0.15) is 13.8 Å². The summed E-state index contributed by atoms with van der Waals surface area (Å²) < 4.78 is 0. The Labute approximate surface area is 105 Å². The van der Waals surface area contributed by atoms with Crippen molar-refractivity contribution in [2.75, 3.05) is 11.1 Å². The van der Waals surface area contributed by atoms with E-state index in [-0.39, 0.29) is 0 Å². The molecule has 0 spiro atoms. The maximum absolute atomic E-state index is 11.4. The van der Waals surface area contributed by atoms with Crippen molar-refractivity contribution in [2.24, 2.45) is 5.73 Å². The van der Waals surface area contributed by atoms with Gasteiger partial charge in [0.1, 0.15) is 5.54 Å². The van der Waals surface area contributed by atoms with Crippen LogP contribution < -0.4 is 16.8 Å². The molecule has 5 heteroatoms. The molecule has 1 aromatic carbocycles. The van der Waals surface area contributed by atoms with Crippen LogP contribution in [0.25, 0.3) is 10.9 Å². The Morgan fingerprint density at radius 1 is 1.33 bits per heavy atom. The number of benzene rings is 1. The lowest BCUT2D eigenvalue weighted by Crippen LogP contribution is -2.45. The molecule has 5 N–H and O–H groups in total. The van der Waals surface area contributed by atoms with Crippen LogP contribution in [-0.4, -0.2) is 16.4 Å². The predicted octanol–water partition coefficient (Wildman–Crippen LogP) is 1.49. The molecule has 1 amide bonds. The second-order valence-corrected chi connectivity index (χ2v) is 4.72. The average Bonchev–Trinajstić information content (AvgIpc) is 2.32. The van der Waals surface area contributed by atoms with Gasteiger partial charge in [0, 0.05) is 5.39 Å². The van der Waals surface area contributed by atoms with Crippen LogP contribution in [0.2, 0.25) is 0 Å². The zero-order chi connectivity index (χ0) is 13.3. The summed E-state index contributed by atoms with van der Waals surface area (Å²) in [5, 5.41) is 3.96. The van der Waals surface area contributed by atoms with Gasteiger partial charge in [-0.15, -0.1) is 0 Å². The molecule has 94 valence electrons. The number of amides is 1. The van der Waals surface area contributed by atoms with E-state index in [9.17, 15) is 4.79 Å². The fourth-order valence-corrected chi connectivity index (χ4v) is 1.67. The Balaban J connectivity index is 2.56. The van der Waals surface area contributed by atoms with Crippen LogP contribution in [0.4, 0.5) is 11.4 Å². The summed E-state index contributed by atoms with van der Waals surface area (Å²) in [6.45, 7) is 3.42. The standard InChI is InChI=1S/C13H16N4O/c1-13(2,12(15)18)17-11-8-5-3-4-6-10(8)16-7-9(11)14/h3-7H,14H2,1-2H3,(H2,15,18)(H,16,17). The van der Waals surface area contributed by atoms with Crippen LogP contribution >= 0.6 is 0 Å². The van der Waals surface area contributed by atoms with E-state index in [1.54, 1.807) is 20.0 Å². The smallest absolute Gasteiger partial charge is 0.242 e. The number of carbonyl (C=O) groups is 1. The molecule has 0 saturated carbocycles. The zero-order valence-corrected chi connectivity index (χ0v) is 10.4. The van der Waals surface area contributed by atoms with Gasteiger partial charge in [-0.05, 0) is 19.9 Å². The first-order chi connectivity index (χ1) is 8.42. The lowest BCUT2D eigenvalue weighted by atomic mass is 10.0. The van der Waals surface area contributed by atoms with E-state index in [1.807, 2.05) is 24.3 Å².